The van der Waals surface area contributed by atoms with E-state index < -0.39 is 35.1 Å². The van der Waals surface area contributed by atoms with Crippen LogP contribution in [-0.2, 0) is 17.1 Å². The number of alkyl halides is 6. The van der Waals surface area contributed by atoms with Crippen molar-refractivity contribution in [2.45, 2.75) is 17.4 Å². The minimum absolute atomic E-state index is 0.0135. The van der Waals surface area contributed by atoms with Crippen LogP contribution < -0.4 is 5.32 Å². The molecular formula is C21H12ClF6N5OS. The third-order valence-electron chi connectivity index (χ3n) is 4.61. The molecule has 4 rings (SSSR count). The molecule has 35 heavy (non-hydrogen) atoms. The van der Waals surface area contributed by atoms with E-state index in [1.54, 1.807) is 24.3 Å². The van der Waals surface area contributed by atoms with Crippen molar-refractivity contribution in [2.24, 2.45) is 0 Å². The number of nitrogens with zero attached hydrogens (tertiary/aromatic N) is 4. The molecule has 0 unspecified atom stereocenters. The van der Waals surface area contributed by atoms with Gasteiger partial charge in [-0.2, -0.15) is 31.4 Å². The summed E-state index contributed by atoms with van der Waals surface area (Å²) in [6.45, 7) is 0. The second-order valence-corrected chi connectivity index (χ2v) is 8.48. The predicted octanol–water partition coefficient (Wildman–Crippen LogP) is 6.24. The average molecular weight is 532 g/mol. The Kier molecular flexibility index (Phi) is 6.64. The molecular weight excluding hydrogens is 520 g/mol. The average Bonchev–Trinajstić information content (AvgIpc) is 3.21. The van der Waals surface area contributed by atoms with Gasteiger partial charge in [0.25, 0.3) is 0 Å². The molecule has 2 aromatic carbocycles. The molecule has 0 atom stereocenters. The molecule has 1 N–H and O–H groups in total. The predicted molar refractivity (Wildman–Crippen MR) is 117 cm³/mol. The van der Waals surface area contributed by atoms with Crippen LogP contribution in [0.1, 0.15) is 11.1 Å². The van der Waals surface area contributed by atoms with Crippen LogP contribution >= 0.6 is 23.4 Å². The van der Waals surface area contributed by atoms with Crippen LogP contribution in [0.4, 0.5) is 32.0 Å². The Labute approximate surface area is 202 Å². The van der Waals surface area contributed by atoms with Crippen LogP contribution in [0.3, 0.4) is 0 Å². The highest BCUT2D eigenvalue weighted by molar-refractivity contribution is 8.00. The summed E-state index contributed by atoms with van der Waals surface area (Å²) in [5.41, 5.74) is -2.58. The van der Waals surface area contributed by atoms with E-state index in [1.165, 1.54) is 17.2 Å². The van der Waals surface area contributed by atoms with Crippen molar-refractivity contribution in [1.29, 1.82) is 0 Å². The van der Waals surface area contributed by atoms with Gasteiger partial charge in [0.1, 0.15) is 11.4 Å². The van der Waals surface area contributed by atoms with Gasteiger partial charge in [-0.3, -0.25) is 4.79 Å². The monoisotopic (exact) mass is 531 g/mol. The van der Waals surface area contributed by atoms with E-state index in [0.29, 0.717) is 38.9 Å². The molecule has 4 aromatic rings. The summed E-state index contributed by atoms with van der Waals surface area (Å²) in [5, 5.41) is 7.73. The molecule has 0 aliphatic carbocycles. The number of halogens is 7. The van der Waals surface area contributed by atoms with Crippen molar-refractivity contribution < 1.29 is 31.1 Å². The Morgan fingerprint density at radius 1 is 0.971 bits per heavy atom. The lowest BCUT2D eigenvalue weighted by molar-refractivity contribution is -0.143. The summed E-state index contributed by atoms with van der Waals surface area (Å²) in [5.74, 6) is -1.16. The SMILES string of the molecule is O=C(CSc1ncnc2c1cnn2-c1ccc(Cl)cc1)Nc1cc(C(F)(F)F)cc(C(F)(F)F)c1. The quantitative estimate of drug-likeness (QED) is 0.188. The van der Waals surface area contributed by atoms with Crippen molar-refractivity contribution in [3.8, 4) is 5.69 Å². The topological polar surface area (TPSA) is 72.7 Å². The van der Waals surface area contributed by atoms with Crippen LogP contribution in [0.25, 0.3) is 16.7 Å². The summed E-state index contributed by atoms with van der Waals surface area (Å²) in [4.78, 5) is 20.6. The van der Waals surface area contributed by atoms with Crippen LogP contribution in [0, 0.1) is 0 Å². The first-order valence-corrected chi connectivity index (χ1v) is 10.9. The standard InChI is InChI=1S/C21H12ClF6N5OS/c22-13-1-3-15(4-2-13)33-18-16(8-31-33)19(30-10-29-18)35-9-17(34)32-14-6-11(20(23,24)25)5-12(7-14)21(26,27)28/h1-8,10H,9H2,(H,32,34). The van der Waals surface area contributed by atoms with Crippen molar-refractivity contribution in [3.63, 3.8) is 0 Å². The number of hydrogen-bond acceptors (Lipinski definition) is 5. The van der Waals surface area contributed by atoms with E-state index in [4.69, 9.17) is 11.6 Å². The molecule has 1 amide bonds. The minimum Gasteiger partial charge on any atom is -0.325 e. The van der Waals surface area contributed by atoms with E-state index in [1.807, 2.05) is 0 Å². The zero-order chi connectivity index (χ0) is 25.4. The van der Waals surface area contributed by atoms with Gasteiger partial charge >= 0.3 is 12.4 Å². The maximum absolute atomic E-state index is 13.0. The van der Waals surface area contributed by atoms with Gasteiger partial charge in [-0.15, -0.1) is 0 Å². The lowest BCUT2D eigenvalue weighted by Gasteiger charge is -2.14. The summed E-state index contributed by atoms with van der Waals surface area (Å²) < 4.78 is 79.7. The molecule has 0 saturated heterocycles. The fraction of sp³-hybridized carbons (Fsp3) is 0.143. The molecule has 0 fully saturated rings. The fourth-order valence-corrected chi connectivity index (χ4v) is 3.95. The van der Waals surface area contributed by atoms with Crippen molar-refractivity contribution >= 4 is 46.0 Å². The number of amides is 1. The molecule has 6 nitrogen and oxygen atoms in total. The van der Waals surface area contributed by atoms with Gasteiger partial charge in [-0.1, -0.05) is 23.4 Å². The molecule has 0 spiro atoms. The maximum atomic E-state index is 13.0. The number of aromatic nitrogens is 4. The van der Waals surface area contributed by atoms with Gasteiger partial charge < -0.3 is 5.32 Å². The van der Waals surface area contributed by atoms with Gasteiger partial charge in [0, 0.05) is 10.7 Å². The second kappa shape index (κ2) is 9.38. The van der Waals surface area contributed by atoms with Crippen molar-refractivity contribution in [1.82, 2.24) is 19.7 Å². The number of carbonyl (C=O) groups is 1. The van der Waals surface area contributed by atoms with Gasteiger partial charge in [-0.05, 0) is 42.5 Å². The summed E-state index contributed by atoms with van der Waals surface area (Å²) >= 11 is 6.83. The molecule has 2 heterocycles. The van der Waals surface area contributed by atoms with Crippen molar-refractivity contribution in [2.75, 3.05) is 11.1 Å². The number of hydrogen-bond donors (Lipinski definition) is 1. The molecule has 0 bridgehead atoms. The lowest BCUT2D eigenvalue weighted by Crippen LogP contribution is -2.17. The normalized spacial score (nSPS) is 12.2. The molecule has 0 radical (unpaired) electrons. The first kappa shape index (κ1) is 24.8. The second-order valence-electron chi connectivity index (χ2n) is 7.08. The Morgan fingerprint density at radius 3 is 2.20 bits per heavy atom. The highest BCUT2D eigenvalue weighted by Gasteiger charge is 2.37. The molecule has 0 saturated carbocycles. The number of carbonyl (C=O) groups excluding carboxylic acids is 1. The Balaban J connectivity index is 1.52. The fourth-order valence-electron chi connectivity index (χ4n) is 3.07. The molecule has 2 aromatic heterocycles. The Hall–Kier alpha value is -3.32. The van der Waals surface area contributed by atoms with Gasteiger partial charge in [0.15, 0.2) is 5.65 Å². The van der Waals surface area contributed by atoms with E-state index in [2.05, 4.69) is 20.4 Å². The number of nitrogens with one attached hydrogen (secondary N) is 1. The zero-order valence-corrected chi connectivity index (χ0v) is 18.7. The van der Waals surface area contributed by atoms with Crippen LogP contribution in [0.15, 0.2) is 60.0 Å². The number of benzene rings is 2. The van der Waals surface area contributed by atoms with Gasteiger partial charge in [0.2, 0.25) is 5.91 Å². The molecule has 14 heteroatoms. The van der Waals surface area contributed by atoms with Crippen molar-refractivity contribution in [3.05, 3.63) is 71.1 Å². The lowest BCUT2D eigenvalue weighted by atomic mass is 10.1. The third kappa shape index (κ3) is 5.68. The van der Waals surface area contributed by atoms with E-state index in [0.717, 1.165) is 11.8 Å². The summed E-state index contributed by atoms with van der Waals surface area (Å²) in [7, 11) is 0. The highest BCUT2D eigenvalue weighted by atomic mass is 35.5. The number of fused-ring (bicyclic) bond motifs is 1. The smallest absolute Gasteiger partial charge is 0.325 e. The zero-order valence-electron chi connectivity index (χ0n) is 17.2. The molecule has 0 aliphatic rings. The van der Waals surface area contributed by atoms with Crippen LogP contribution in [-0.4, -0.2) is 31.4 Å². The Morgan fingerprint density at radius 2 is 1.60 bits per heavy atom. The largest absolute Gasteiger partial charge is 0.416 e. The molecule has 0 aliphatic heterocycles. The number of thioether (sulfide) groups is 1. The van der Waals surface area contributed by atoms with Crippen LogP contribution in [0.2, 0.25) is 5.02 Å². The van der Waals surface area contributed by atoms with E-state index >= 15 is 0 Å². The number of rotatable bonds is 5. The maximum Gasteiger partial charge on any atom is 0.416 e. The first-order valence-electron chi connectivity index (χ1n) is 9.58. The molecule has 182 valence electrons. The Bertz CT molecular complexity index is 1360. The van der Waals surface area contributed by atoms with E-state index in [-0.39, 0.29) is 11.8 Å². The van der Waals surface area contributed by atoms with Gasteiger partial charge in [-0.25, -0.2) is 14.6 Å². The first-order chi connectivity index (χ1) is 16.4. The minimum atomic E-state index is -5.02. The van der Waals surface area contributed by atoms with E-state index in [9.17, 15) is 31.1 Å². The van der Waals surface area contributed by atoms with Gasteiger partial charge in [0.05, 0.1) is 34.2 Å². The summed E-state index contributed by atoms with van der Waals surface area (Å²) in [6, 6.07) is 7.66. The third-order valence-corrected chi connectivity index (χ3v) is 5.87. The summed E-state index contributed by atoms with van der Waals surface area (Å²) in [6.07, 6.45) is -7.32. The number of anilines is 1. The van der Waals surface area contributed by atoms with Crippen LogP contribution in [0.5, 0.6) is 0 Å². The highest BCUT2D eigenvalue weighted by Crippen LogP contribution is 2.37.